The molecule has 9 heavy (non-hydrogen) atoms. The van der Waals surface area contributed by atoms with E-state index in [1.165, 1.54) is 0 Å². The van der Waals surface area contributed by atoms with E-state index in [4.69, 9.17) is 0 Å². The fraction of sp³-hybridized carbons (Fsp3) is 1.00. The Kier molecular flexibility index (Phi) is 1.33. The van der Waals surface area contributed by atoms with Crippen LogP contribution in [0.3, 0.4) is 0 Å². The minimum atomic E-state index is -0.516. The van der Waals surface area contributed by atoms with Crippen LogP contribution in [0, 0.1) is 0 Å². The Balaban J connectivity index is 2.33. The van der Waals surface area contributed by atoms with Crippen LogP contribution >= 0.6 is 0 Å². The maximum absolute atomic E-state index is 9.35. The zero-order chi connectivity index (χ0) is 7.12. The highest BCUT2D eigenvalue weighted by atomic mass is 16.3. The van der Waals surface area contributed by atoms with Crippen LogP contribution < -0.4 is 5.32 Å². The first-order valence-electron chi connectivity index (χ1n) is 3.43. The van der Waals surface area contributed by atoms with Crippen molar-refractivity contribution in [3.8, 4) is 0 Å². The average Bonchev–Trinajstić information content (AvgIpc) is 2.12. The van der Waals surface area contributed by atoms with Crippen molar-refractivity contribution in [2.75, 3.05) is 0 Å². The molecule has 2 N–H and O–H groups in total. The number of hydrogen-bond donors (Lipinski definition) is 2. The normalized spacial score (nSPS) is 24.0. The minimum Gasteiger partial charge on any atom is -0.376 e. The first-order valence-corrected chi connectivity index (χ1v) is 3.43. The van der Waals surface area contributed by atoms with Gasteiger partial charge >= 0.3 is 0 Å². The molecule has 0 atom stereocenters. The van der Waals surface area contributed by atoms with E-state index in [2.05, 4.69) is 26.1 Å². The van der Waals surface area contributed by atoms with Crippen molar-refractivity contribution in [1.29, 1.82) is 0 Å². The molecule has 0 aliphatic heterocycles. The van der Waals surface area contributed by atoms with Gasteiger partial charge in [0, 0.05) is 5.54 Å². The van der Waals surface area contributed by atoms with Gasteiger partial charge in [0.15, 0.2) is 0 Å². The quantitative estimate of drug-likeness (QED) is 0.515. The summed E-state index contributed by atoms with van der Waals surface area (Å²) in [6.45, 7) is 6.18. The summed E-state index contributed by atoms with van der Waals surface area (Å²) in [4.78, 5) is 0. The molecular formula is C7H15NO. The molecular weight excluding hydrogens is 114 g/mol. The van der Waals surface area contributed by atoms with Crippen LogP contribution in [0.25, 0.3) is 0 Å². The zero-order valence-corrected chi connectivity index (χ0v) is 6.36. The molecule has 0 bridgehead atoms. The van der Waals surface area contributed by atoms with Crippen LogP contribution in [0.15, 0.2) is 0 Å². The van der Waals surface area contributed by atoms with Gasteiger partial charge in [-0.2, -0.15) is 0 Å². The molecule has 54 valence electrons. The summed E-state index contributed by atoms with van der Waals surface area (Å²) in [6, 6.07) is 0. The van der Waals surface area contributed by atoms with Crippen LogP contribution in [0.1, 0.15) is 33.6 Å². The lowest BCUT2D eigenvalue weighted by Crippen LogP contribution is -2.45. The lowest BCUT2D eigenvalue weighted by Gasteiger charge is -2.24. The van der Waals surface area contributed by atoms with Crippen LogP contribution in [0.5, 0.6) is 0 Å². The van der Waals surface area contributed by atoms with E-state index >= 15 is 0 Å². The predicted molar refractivity (Wildman–Crippen MR) is 37.1 cm³/mol. The Morgan fingerprint density at radius 1 is 1.33 bits per heavy atom. The maximum atomic E-state index is 9.35. The average molecular weight is 129 g/mol. The molecule has 0 spiro atoms. The molecule has 0 heterocycles. The first kappa shape index (κ1) is 7.03. The molecule has 0 aromatic carbocycles. The zero-order valence-electron chi connectivity index (χ0n) is 6.36. The third kappa shape index (κ3) is 2.33. The number of hydrogen-bond acceptors (Lipinski definition) is 2. The summed E-state index contributed by atoms with van der Waals surface area (Å²) < 4.78 is 0. The second kappa shape index (κ2) is 1.70. The predicted octanol–water partition coefficient (Wildman–Crippen LogP) is 0.857. The Labute approximate surface area is 56.3 Å². The van der Waals surface area contributed by atoms with Gasteiger partial charge < -0.3 is 5.11 Å². The highest BCUT2D eigenvalue weighted by molar-refractivity contribution is 4.94. The third-order valence-electron chi connectivity index (χ3n) is 1.33. The fourth-order valence-electron chi connectivity index (χ4n) is 0.941. The molecule has 0 amide bonds. The minimum absolute atomic E-state index is 0.0469. The van der Waals surface area contributed by atoms with Crippen LogP contribution in [0.4, 0.5) is 0 Å². The summed E-state index contributed by atoms with van der Waals surface area (Å²) in [6.07, 6.45) is 1.81. The second-order valence-corrected chi connectivity index (χ2v) is 3.91. The molecule has 1 aliphatic rings. The van der Waals surface area contributed by atoms with Crippen LogP contribution in [0.2, 0.25) is 0 Å². The lowest BCUT2D eigenvalue weighted by atomic mass is 10.1. The van der Waals surface area contributed by atoms with Gasteiger partial charge in [-0.1, -0.05) is 0 Å². The largest absolute Gasteiger partial charge is 0.376 e. The van der Waals surface area contributed by atoms with Gasteiger partial charge in [-0.25, -0.2) is 0 Å². The molecule has 1 aliphatic carbocycles. The summed E-state index contributed by atoms with van der Waals surface area (Å²) >= 11 is 0. The van der Waals surface area contributed by atoms with E-state index in [0.717, 1.165) is 12.8 Å². The van der Waals surface area contributed by atoms with Gasteiger partial charge in [0.1, 0.15) is 5.72 Å². The second-order valence-electron chi connectivity index (χ2n) is 3.91. The standard InChI is InChI=1S/C7H15NO/c1-6(2,3)8-7(9)4-5-7/h8-9H,4-5H2,1-3H3. The van der Waals surface area contributed by atoms with Gasteiger partial charge in [-0.15, -0.1) is 0 Å². The molecule has 0 aromatic rings. The van der Waals surface area contributed by atoms with E-state index in [9.17, 15) is 5.11 Å². The molecule has 1 saturated carbocycles. The molecule has 1 fully saturated rings. The van der Waals surface area contributed by atoms with Gasteiger partial charge in [-0.3, -0.25) is 5.32 Å². The van der Waals surface area contributed by atoms with Gasteiger partial charge in [0.25, 0.3) is 0 Å². The van der Waals surface area contributed by atoms with Gasteiger partial charge in [0.05, 0.1) is 0 Å². The van der Waals surface area contributed by atoms with Crippen molar-refractivity contribution >= 4 is 0 Å². The molecule has 0 unspecified atom stereocenters. The first-order chi connectivity index (χ1) is 3.91. The Morgan fingerprint density at radius 2 is 1.78 bits per heavy atom. The summed E-state index contributed by atoms with van der Waals surface area (Å²) in [5.41, 5.74) is -0.469. The highest BCUT2D eigenvalue weighted by Gasteiger charge is 2.42. The van der Waals surface area contributed by atoms with Crippen molar-refractivity contribution in [1.82, 2.24) is 5.32 Å². The van der Waals surface area contributed by atoms with Crippen molar-refractivity contribution in [3.63, 3.8) is 0 Å². The van der Waals surface area contributed by atoms with Crippen molar-refractivity contribution in [2.45, 2.75) is 44.9 Å². The van der Waals surface area contributed by atoms with Crippen molar-refractivity contribution in [2.24, 2.45) is 0 Å². The van der Waals surface area contributed by atoms with Gasteiger partial charge in [-0.05, 0) is 33.6 Å². The van der Waals surface area contributed by atoms with Crippen LogP contribution in [-0.4, -0.2) is 16.4 Å². The van der Waals surface area contributed by atoms with Gasteiger partial charge in [0.2, 0.25) is 0 Å². The van der Waals surface area contributed by atoms with E-state index in [1.54, 1.807) is 0 Å². The Morgan fingerprint density at radius 3 is 1.89 bits per heavy atom. The lowest BCUT2D eigenvalue weighted by molar-refractivity contribution is 0.0816. The highest BCUT2D eigenvalue weighted by Crippen LogP contribution is 2.33. The maximum Gasteiger partial charge on any atom is 0.116 e. The van der Waals surface area contributed by atoms with E-state index in [1.807, 2.05) is 0 Å². The SMILES string of the molecule is CC(C)(C)NC1(O)CC1. The van der Waals surface area contributed by atoms with E-state index in [0.29, 0.717) is 0 Å². The van der Waals surface area contributed by atoms with E-state index < -0.39 is 5.72 Å². The number of aliphatic hydroxyl groups is 1. The van der Waals surface area contributed by atoms with Crippen LogP contribution in [-0.2, 0) is 0 Å². The topological polar surface area (TPSA) is 32.3 Å². The van der Waals surface area contributed by atoms with Crippen molar-refractivity contribution in [3.05, 3.63) is 0 Å². The summed E-state index contributed by atoms with van der Waals surface area (Å²) in [7, 11) is 0. The third-order valence-corrected chi connectivity index (χ3v) is 1.33. The monoisotopic (exact) mass is 129 g/mol. The summed E-state index contributed by atoms with van der Waals surface area (Å²) in [5.74, 6) is 0. The van der Waals surface area contributed by atoms with Crippen molar-refractivity contribution < 1.29 is 5.11 Å². The smallest absolute Gasteiger partial charge is 0.116 e. The summed E-state index contributed by atoms with van der Waals surface area (Å²) in [5, 5.41) is 12.5. The van der Waals surface area contributed by atoms with E-state index in [-0.39, 0.29) is 5.54 Å². The molecule has 1 rings (SSSR count). The number of rotatable bonds is 1. The fourth-order valence-corrected chi connectivity index (χ4v) is 0.941. The Hall–Kier alpha value is -0.0800. The molecule has 2 nitrogen and oxygen atoms in total. The Bertz CT molecular complexity index is 107. The molecule has 0 saturated heterocycles. The molecule has 0 aromatic heterocycles. The number of nitrogens with one attached hydrogen (secondary N) is 1. The molecule has 2 heteroatoms. The molecule has 0 radical (unpaired) electrons.